The molecule has 1 aromatic heterocycles. The summed E-state index contributed by atoms with van der Waals surface area (Å²) in [6, 6.07) is 4.06. The van der Waals surface area contributed by atoms with Crippen LogP contribution in [0.2, 0.25) is 0 Å². The molecule has 2 aromatic rings. The zero-order chi connectivity index (χ0) is 12.7. The van der Waals surface area contributed by atoms with Gasteiger partial charge in [0.25, 0.3) is 5.56 Å². The topological polar surface area (TPSA) is 75.0 Å². The van der Waals surface area contributed by atoms with Crippen molar-refractivity contribution in [2.45, 2.75) is 12.5 Å². The highest BCUT2D eigenvalue weighted by molar-refractivity contribution is 5.78. The molecule has 1 atom stereocenters. The summed E-state index contributed by atoms with van der Waals surface area (Å²) in [5.74, 6) is 0.0655. The third-order valence-electron chi connectivity index (χ3n) is 3.18. The van der Waals surface area contributed by atoms with Crippen molar-refractivity contribution in [3.63, 3.8) is 0 Å². The molecule has 6 heteroatoms. The molecule has 0 spiro atoms. The van der Waals surface area contributed by atoms with Crippen molar-refractivity contribution in [1.29, 1.82) is 0 Å². The van der Waals surface area contributed by atoms with Gasteiger partial charge in [-0.15, -0.1) is 0 Å². The van der Waals surface area contributed by atoms with Crippen LogP contribution in [-0.4, -0.2) is 29.1 Å². The summed E-state index contributed by atoms with van der Waals surface area (Å²) in [5, 5.41) is 0.392. The molecule has 94 valence electrons. The summed E-state index contributed by atoms with van der Waals surface area (Å²) in [5.41, 5.74) is 5.93. The Kier molecular flexibility index (Phi) is 2.52. The summed E-state index contributed by atoms with van der Waals surface area (Å²) in [4.78, 5) is 20.8. The second-order valence-corrected chi connectivity index (χ2v) is 4.55. The number of H-pyrrole nitrogens is 1. The Morgan fingerprint density at radius 1 is 1.50 bits per heavy atom. The van der Waals surface area contributed by atoms with Crippen LogP contribution in [0, 0.1) is 5.82 Å². The molecule has 0 aliphatic carbocycles. The molecule has 1 aliphatic rings. The average molecular weight is 248 g/mol. The zero-order valence-electron chi connectivity index (χ0n) is 9.69. The number of nitrogens with zero attached hydrogens (tertiary/aromatic N) is 2. The molecule has 5 nitrogen and oxygen atoms in total. The number of aromatic nitrogens is 2. The van der Waals surface area contributed by atoms with E-state index >= 15 is 0 Å². The molecule has 0 bridgehead atoms. The van der Waals surface area contributed by atoms with E-state index in [2.05, 4.69) is 9.97 Å². The number of halogens is 1. The van der Waals surface area contributed by atoms with Crippen molar-refractivity contribution in [3.05, 3.63) is 34.4 Å². The average Bonchev–Trinajstić information content (AvgIpc) is 2.75. The van der Waals surface area contributed by atoms with Crippen molar-refractivity contribution in [2.75, 3.05) is 18.0 Å². The molecule has 3 rings (SSSR count). The van der Waals surface area contributed by atoms with Gasteiger partial charge in [0.2, 0.25) is 5.95 Å². The first-order chi connectivity index (χ1) is 8.63. The minimum atomic E-state index is -0.398. The van der Waals surface area contributed by atoms with Crippen LogP contribution in [-0.2, 0) is 0 Å². The highest BCUT2D eigenvalue weighted by Crippen LogP contribution is 2.17. The van der Waals surface area contributed by atoms with Crippen LogP contribution in [0.3, 0.4) is 0 Å². The molecule has 2 heterocycles. The van der Waals surface area contributed by atoms with Gasteiger partial charge < -0.3 is 10.6 Å². The molecule has 3 N–H and O–H groups in total. The largest absolute Gasteiger partial charge is 0.341 e. The van der Waals surface area contributed by atoms with Crippen LogP contribution >= 0.6 is 0 Å². The number of rotatable bonds is 1. The predicted molar refractivity (Wildman–Crippen MR) is 67.1 cm³/mol. The first-order valence-corrected chi connectivity index (χ1v) is 5.83. The minimum absolute atomic E-state index is 0.0958. The molecule has 1 fully saturated rings. The number of hydrogen-bond donors (Lipinski definition) is 2. The van der Waals surface area contributed by atoms with Crippen LogP contribution in [0.15, 0.2) is 23.0 Å². The van der Waals surface area contributed by atoms with Gasteiger partial charge in [-0.3, -0.25) is 9.78 Å². The van der Waals surface area contributed by atoms with Crippen LogP contribution < -0.4 is 16.2 Å². The second kappa shape index (κ2) is 4.06. The lowest BCUT2D eigenvalue weighted by Gasteiger charge is -2.16. The molecular weight excluding hydrogens is 235 g/mol. The maximum absolute atomic E-state index is 13.2. The molecule has 0 saturated carbocycles. The molecular formula is C12H13FN4O. The SMILES string of the molecule is NC1CCN(c2nc3cc(F)ccc3c(=O)[nH]2)C1. The summed E-state index contributed by atoms with van der Waals surface area (Å²) in [6.45, 7) is 1.41. The Bertz CT molecular complexity index is 654. The third kappa shape index (κ3) is 1.84. The minimum Gasteiger partial charge on any atom is -0.341 e. The fourth-order valence-electron chi connectivity index (χ4n) is 2.23. The number of aromatic amines is 1. The monoisotopic (exact) mass is 248 g/mol. The fourth-order valence-corrected chi connectivity index (χ4v) is 2.23. The number of nitrogens with two attached hydrogens (primary N) is 1. The van der Waals surface area contributed by atoms with E-state index in [9.17, 15) is 9.18 Å². The van der Waals surface area contributed by atoms with Gasteiger partial charge in [-0.2, -0.15) is 0 Å². The lowest BCUT2D eigenvalue weighted by Crippen LogP contribution is -2.29. The standard InChI is InChI=1S/C12H13FN4O/c13-7-1-2-9-10(5-7)15-12(16-11(9)18)17-4-3-8(14)6-17/h1-2,5,8H,3-4,6,14H2,(H,15,16,18). The number of anilines is 1. The van der Waals surface area contributed by atoms with E-state index in [0.29, 0.717) is 23.4 Å². The van der Waals surface area contributed by atoms with E-state index in [4.69, 9.17) is 5.73 Å². The molecule has 1 aromatic carbocycles. The molecule has 18 heavy (non-hydrogen) atoms. The van der Waals surface area contributed by atoms with Gasteiger partial charge in [0.05, 0.1) is 10.9 Å². The van der Waals surface area contributed by atoms with Crippen LogP contribution in [0.4, 0.5) is 10.3 Å². The first kappa shape index (κ1) is 11.2. The van der Waals surface area contributed by atoms with Crippen molar-refractivity contribution < 1.29 is 4.39 Å². The van der Waals surface area contributed by atoms with Crippen molar-refractivity contribution >= 4 is 16.9 Å². The maximum Gasteiger partial charge on any atom is 0.260 e. The fraction of sp³-hybridized carbons (Fsp3) is 0.333. The maximum atomic E-state index is 13.2. The van der Waals surface area contributed by atoms with E-state index in [-0.39, 0.29) is 11.6 Å². The van der Waals surface area contributed by atoms with E-state index < -0.39 is 5.82 Å². The lowest BCUT2D eigenvalue weighted by atomic mass is 10.2. The van der Waals surface area contributed by atoms with Crippen LogP contribution in [0.25, 0.3) is 10.9 Å². The van der Waals surface area contributed by atoms with E-state index in [1.165, 1.54) is 18.2 Å². The normalized spacial score (nSPS) is 19.7. The van der Waals surface area contributed by atoms with Gasteiger partial charge in [0.1, 0.15) is 5.82 Å². The highest BCUT2D eigenvalue weighted by Gasteiger charge is 2.21. The molecule has 1 unspecified atom stereocenters. The molecule has 0 amide bonds. The summed E-state index contributed by atoms with van der Waals surface area (Å²) in [7, 11) is 0. The van der Waals surface area contributed by atoms with Crippen molar-refractivity contribution in [3.8, 4) is 0 Å². The zero-order valence-corrected chi connectivity index (χ0v) is 9.69. The van der Waals surface area contributed by atoms with Crippen LogP contribution in [0.1, 0.15) is 6.42 Å². The molecule has 1 aliphatic heterocycles. The van der Waals surface area contributed by atoms with E-state index in [1.807, 2.05) is 4.90 Å². The number of nitrogens with one attached hydrogen (secondary N) is 1. The molecule has 0 radical (unpaired) electrons. The Morgan fingerprint density at radius 3 is 3.06 bits per heavy atom. The number of fused-ring (bicyclic) bond motifs is 1. The smallest absolute Gasteiger partial charge is 0.260 e. The highest BCUT2D eigenvalue weighted by atomic mass is 19.1. The Hall–Kier alpha value is -1.95. The van der Waals surface area contributed by atoms with Gasteiger partial charge in [-0.25, -0.2) is 9.37 Å². The summed E-state index contributed by atoms with van der Waals surface area (Å²) < 4.78 is 13.2. The lowest BCUT2D eigenvalue weighted by molar-refractivity contribution is 0.629. The molecule has 1 saturated heterocycles. The van der Waals surface area contributed by atoms with Crippen molar-refractivity contribution in [1.82, 2.24) is 9.97 Å². The van der Waals surface area contributed by atoms with E-state index in [1.54, 1.807) is 0 Å². The first-order valence-electron chi connectivity index (χ1n) is 5.83. The van der Waals surface area contributed by atoms with Crippen molar-refractivity contribution in [2.24, 2.45) is 5.73 Å². The third-order valence-corrected chi connectivity index (χ3v) is 3.18. The second-order valence-electron chi connectivity index (χ2n) is 4.55. The van der Waals surface area contributed by atoms with E-state index in [0.717, 1.165) is 13.0 Å². The Labute approximate surface area is 102 Å². The summed E-state index contributed by atoms with van der Waals surface area (Å²) >= 11 is 0. The van der Waals surface area contributed by atoms with Gasteiger partial charge >= 0.3 is 0 Å². The quantitative estimate of drug-likeness (QED) is 0.775. The van der Waals surface area contributed by atoms with Gasteiger partial charge in [0.15, 0.2) is 0 Å². The van der Waals surface area contributed by atoms with Crippen LogP contribution in [0.5, 0.6) is 0 Å². The van der Waals surface area contributed by atoms with Gasteiger partial charge in [0, 0.05) is 25.2 Å². The Morgan fingerprint density at radius 2 is 2.33 bits per heavy atom. The van der Waals surface area contributed by atoms with Gasteiger partial charge in [-0.05, 0) is 18.6 Å². The number of hydrogen-bond acceptors (Lipinski definition) is 4. The summed E-state index contributed by atoms with van der Waals surface area (Å²) in [6.07, 6.45) is 0.866. The number of benzene rings is 1. The predicted octanol–water partition coefficient (Wildman–Crippen LogP) is 0.600. The van der Waals surface area contributed by atoms with Gasteiger partial charge in [-0.1, -0.05) is 0 Å². The Balaban J connectivity index is 2.11.